The normalized spacial score (nSPS) is 16.6. The maximum Gasteiger partial charge on any atom is 0.252 e. The molecule has 1 aliphatic carbocycles. The van der Waals surface area contributed by atoms with Crippen LogP contribution < -0.4 is 10.9 Å². The minimum Gasteiger partial charge on any atom is -0.394 e. The average molecular weight is 272 g/mol. The van der Waals surface area contributed by atoms with E-state index in [0.29, 0.717) is 16.5 Å². The lowest BCUT2D eigenvalue weighted by molar-refractivity contribution is 0.0643. The zero-order valence-electron chi connectivity index (χ0n) is 11.0. The minimum atomic E-state index is -0.513. The van der Waals surface area contributed by atoms with E-state index in [4.69, 9.17) is 0 Å². The van der Waals surface area contributed by atoms with Gasteiger partial charge in [0.2, 0.25) is 5.56 Å². The number of carbonyl (C=O) groups excluding carboxylic acids is 1. The Bertz CT molecular complexity index is 711. The molecule has 20 heavy (non-hydrogen) atoms. The van der Waals surface area contributed by atoms with Crippen LogP contribution in [0.3, 0.4) is 0 Å². The van der Waals surface area contributed by atoms with Gasteiger partial charge >= 0.3 is 0 Å². The number of aromatic amines is 1. The molecule has 5 nitrogen and oxygen atoms in total. The second-order valence-corrected chi connectivity index (χ2v) is 5.34. The van der Waals surface area contributed by atoms with Crippen molar-refractivity contribution in [2.45, 2.75) is 24.8 Å². The molecule has 1 heterocycles. The number of carbonyl (C=O) groups is 1. The lowest BCUT2D eigenvalue weighted by Gasteiger charge is -2.41. The largest absolute Gasteiger partial charge is 0.394 e. The first-order valence-corrected chi connectivity index (χ1v) is 6.69. The highest BCUT2D eigenvalue weighted by atomic mass is 16.3. The molecule has 0 radical (unpaired) electrons. The third kappa shape index (κ3) is 2.10. The number of rotatable bonds is 3. The van der Waals surface area contributed by atoms with Crippen molar-refractivity contribution in [1.29, 1.82) is 0 Å². The molecular formula is C15H16N2O3. The number of hydrogen-bond donors (Lipinski definition) is 3. The first-order valence-electron chi connectivity index (χ1n) is 6.69. The Labute approximate surface area is 115 Å². The highest BCUT2D eigenvalue weighted by Gasteiger charge is 2.38. The molecular weight excluding hydrogens is 256 g/mol. The minimum absolute atomic E-state index is 0.0696. The van der Waals surface area contributed by atoms with E-state index in [2.05, 4.69) is 10.3 Å². The molecule has 1 saturated carbocycles. The van der Waals surface area contributed by atoms with Crippen LogP contribution in [0.15, 0.2) is 35.1 Å². The van der Waals surface area contributed by atoms with Crippen molar-refractivity contribution >= 4 is 16.8 Å². The Hall–Kier alpha value is -2.14. The van der Waals surface area contributed by atoms with Crippen LogP contribution in [0.4, 0.5) is 0 Å². The SMILES string of the molecule is O=C(NC1(CO)CCC1)c1cc(=O)[nH]c2ccccc12. The van der Waals surface area contributed by atoms with Crippen LogP contribution in [0.2, 0.25) is 0 Å². The van der Waals surface area contributed by atoms with Gasteiger partial charge in [-0.05, 0) is 25.3 Å². The van der Waals surface area contributed by atoms with Gasteiger partial charge in [-0.15, -0.1) is 0 Å². The quantitative estimate of drug-likeness (QED) is 0.784. The van der Waals surface area contributed by atoms with Gasteiger partial charge in [-0.1, -0.05) is 18.2 Å². The predicted molar refractivity (Wildman–Crippen MR) is 75.7 cm³/mol. The Morgan fingerprint density at radius 2 is 2.10 bits per heavy atom. The van der Waals surface area contributed by atoms with Crippen LogP contribution in [0.25, 0.3) is 10.9 Å². The van der Waals surface area contributed by atoms with Crippen LogP contribution in [-0.2, 0) is 0 Å². The number of aliphatic hydroxyl groups excluding tert-OH is 1. The predicted octanol–water partition coefficient (Wildman–Crippen LogP) is 1.17. The van der Waals surface area contributed by atoms with E-state index in [9.17, 15) is 14.7 Å². The van der Waals surface area contributed by atoms with E-state index in [1.165, 1.54) is 6.07 Å². The zero-order chi connectivity index (χ0) is 14.2. The molecule has 1 aliphatic rings. The van der Waals surface area contributed by atoms with E-state index in [-0.39, 0.29) is 18.1 Å². The molecule has 3 N–H and O–H groups in total. The molecule has 5 heteroatoms. The summed E-state index contributed by atoms with van der Waals surface area (Å²) < 4.78 is 0. The van der Waals surface area contributed by atoms with Crippen molar-refractivity contribution in [2.75, 3.05) is 6.61 Å². The van der Waals surface area contributed by atoms with Crippen molar-refractivity contribution in [3.05, 3.63) is 46.2 Å². The summed E-state index contributed by atoms with van der Waals surface area (Å²) >= 11 is 0. The Morgan fingerprint density at radius 3 is 2.75 bits per heavy atom. The number of para-hydroxylation sites is 1. The van der Waals surface area contributed by atoms with Crippen molar-refractivity contribution < 1.29 is 9.90 Å². The fourth-order valence-corrected chi connectivity index (χ4v) is 2.63. The summed E-state index contributed by atoms with van der Waals surface area (Å²) in [7, 11) is 0. The monoisotopic (exact) mass is 272 g/mol. The van der Waals surface area contributed by atoms with Gasteiger partial charge in [-0.3, -0.25) is 9.59 Å². The molecule has 0 unspecified atom stereocenters. The molecule has 0 aliphatic heterocycles. The Morgan fingerprint density at radius 1 is 1.35 bits per heavy atom. The number of fused-ring (bicyclic) bond motifs is 1. The van der Waals surface area contributed by atoms with Crippen LogP contribution in [0, 0.1) is 0 Å². The van der Waals surface area contributed by atoms with E-state index in [1.807, 2.05) is 6.07 Å². The summed E-state index contributed by atoms with van der Waals surface area (Å²) in [5.41, 5.74) is 0.169. The van der Waals surface area contributed by atoms with Gasteiger partial charge in [0.25, 0.3) is 5.91 Å². The van der Waals surface area contributed by atoms with Gasteiger partial charge in [-0.25, -0.2) is 0 Å². The number of benzene rings is 1. The topological polar surface area (TPSA) is 82.2 Å². The highest BCUT2D eigenvalue weighted by molar-refractivity contribution is 6.06. The molecule has 1 fully saturated rings. The van der Waals surface area contributed by atoms with Gasteiger partial charge in [0.1, 0.15) is 0 Å². The molecule has 1 amide bonds. The summed E-state index contributed by atoms with van der Waals surface area (Å²) in [6.45, 7) is -0.0696. The fraction of sp³-hybridized carbons (Fsp3) is 0.333. The Kier molecular flexibility index (Phi) is 3.06. The summed E-state index contributed by atoms with van der Waals surface area (Å²) in [6, 6.07) is 8.50. The third-order valence-electron chi connectivity index (χ3n) is 3.99. The molecule has 0 spiro atoms. The van der Waals surface area contributed by atoms with Gasteiger partial charge < -0.3 is 15.4 Å². The Balaban J connectivity index is 2.01. The average Bonchev–Trinajstić information content (AvgIpc) is 2.41. The molecule has 104 valence electrons. The first-order chi connectivity index (χ1) is 9.63. The number of hydrogen-bond acceptors (Lipinski definition) is 3. The maximum absolute atomic E-state index is 12.4. The highest BCUT2D eigenvalue weighted by Crippen LogP contribution is 2.31. The molecule has 0 saturated heterocycles. The summed E-state index contributed by atoms with van der Waals surface area (Å²) in [4.78, 5) is 26.8. The number of pyridine rings is 1. The second-order valence-electron chi connectivity index (χ2n) is 5.34. The van der Waals surface area contributed by atoms with Crippen LogP contribution in [0.1, 0.15) is 29.6 Å². The molecule has 0 bridgehead atoms. The molecule has 1 aromatic carbocycles. The van der Waals surface area contributed by atoms with Gasteiger partial charge in [-0.2, -0.15) is 0 Å². The van der Waals surface area contributed by atoms with E-state index in [0.717, 1.165) is 19.3 Å². The third-order valence-corrected chi connectivity index (χ3v) is 3.99. The molecule has 3 rings (SSSR count). The van der Waals surface area contributed by atoms with Crippen molar-refractivity contribution in [2.24, 2.45) is 0 Å². The second kappa shape index (κ2) is 4.76. The van der Waals surface area contributed by atoms with Crippen LogP contribution >= 0.6 is 0 Å². The number of nitrogens with one attached hydrogen (secondary N) is 2. The van der Waals surface area contributed by atoms with Crippen LogP contribution in [-0.4, -0.2) is 28.1 Å². The molecule has 2 aromatic rings. The number of aliphatic hydroxyl groups is 1. The summed E-state index contributed by atoms with van der Waals surface area (Å²) in [5, 5.41) is 13.0. The lowest BCUT2D eigenvalue weighted by Crippen LogP contribution is -2.56. The van der Waals surface area contributed by atoms with Gasteiger partial charge in [0.15, 0.2) is 0 Å². The maximum atomic E-state index is 12.4. The number of amides is 1. The number of aromatic nitrogens is 1. The van der Waals surface area contributed by atoms with E-state index >= 15 is 0 Å². The van der Waals surface area contributed by atoms with Crippen molar-refractivity contribution in [3.63, 3.8) is 0 Å². The summed E-state index contributed by atoms with van der Waals surface area (Å²) in [5.74, 6) is -0.305. The zero-order valence-corrected chi connectivity index (χ0v) is 11.0. The van der Waals surface area contributed by atoms with Gasteiger partial charge in [0.05, 0.1) is 17.7 Å². The standard InChI is InChI=1S/C15H16N2O3/c18-9-15(6-3-7-15)17-14(20)11-8-13(19)16-12-5-2-1-4-10(11)12/h1-2,4-5,8,18H,3,6-7,9H2,(H,16,19)(H,17,20). The first kappa shape index (κ1) is 12.9. The molecule has 1 aromatic heterocycles. The van der Waals surface area contributed by atoms with E-state index < -0.39 is 5.54 Å². The smallest absolute Gasteiger partial charge is 0.252 e. The van der Waals surface area contributed by atoms with Crippen molar-refractivity contribution in [1.82, 2.24) is 10.3 Å². The fourth-order valence-electron chi connectivity index (χ4n) is 2.63. The van der Waals surface area contributed by atoms with E-state index in [1.54, 1.807) is 18.2 Å². The molecule has 0 atom stereocenters. The lowest BCUT2D eigenvalue weighted by atomic mass is 9.77. The van der Waals surface area contributed by atoms with Crippen molar-refractivity contribution in [3.8, 4) is 0 Å². The van der Waals surface area contributed by atoms with Gasteiger partial charge in [0, 0.05) is 17.0 Å². The van der Waals surface area contributed by atoms with Crippen LogP contribution in [0.5, 0.6) is 0 Å². The number of H-pyrrole nitrogens is 1. The summed E-state index contributed by atoms with van der Waals surface area (Å²) in [6.07, 6.45) is 2.55.